The smallest absolute Gasteiger partial charge is 0.132 e. The molecule has 0 radical (unpaired) electrons. The first-order valence-corrected chi connectivity index (χ1v) is 5.97. The Kier molecular flexibility index (Phi) is 3.72. The number of aromatic nitrogens is 2. The summed E-state index contributed by atoms with van der Waals surface area (Å²) >= 11 is 0. The molecule has 1 heterocycles. The van der Waals surface area contributed by atoms with Gasteiger partial charge in [0.1, 0.15) is 12.1 Å². The first kappa shape index (κ1) is 11.3. The van der Waals surface area contributed by atoms with Crippen molar-refractivity contribution in [3.63, 3.8) is 0 Å². The van der Waals surface area contributed by atoms with Gasteiger partial charge in [-0.2, -0.15) is 0 Å². The maximum Gasteiger partial charge on any atom is 0.132 e. The van der Waals surface area contributed by atoms with Crippen LogP contribution in [0.5, 0.6) is 0 Å². The van der Waals surface area contributed by atoms with E-state index >= 15 is 0 Å². The number of hydrogen-bond donors (Lipinski definition) is 1. The average Bonchev–Trinajstić information content (AvgIpc) is 3.08. The number of unbranched alkanes of at least 4 members (excludes halogenated alkanes) is 1. The van der Waals surface area contributed by atoms with E-state index in [4.69, 9.17) is 5.11 Å². The fourth-order valence-electron chi connectivity index (χ4n) is 1.86. The van der Waals surface area contributed by atoms with Crippen LogP contribution in [0, 0.1) is 6.92 Å². The standard InChI is InChI=1S/C12H19N3O/c1-10-8-12(14-9-13-10)15(11-4-5-11)6-2-3-7-16/h8-9,11,16H,2-7H2,1H3. The number of aryl methyl sites for hydroxylation is 1. The van der Waals surface area contributed by atoms with Crippen LogP contribution >= 0.6 is 0 Å². The van der Waals surface area contributed by atoms with Crippen molar-refractivity contribution in [3.05, 3.63) is 18.1 Å². The van der Waals surface area contributed by atoms with E-state index in [0.29, 0.717) is 6.04 Å². The zero-order valence-corrected chi connectivity index (χ0v) is 9.76. The molecule has 4 nitrogen and oxygen atoms in total. The minimum atomic E-state index is 0.279. The molecule has 1 saturated carbocycles. The van der Waals surface area contributed by atoms with Gasteiger partial charge in [0, 0.05) is 31.0 Å². The van der Waals surface area contributed by atoms with Gasteiger partial charge in [0.05, 0.1) is 0 Å². The second-order valence-electron chi connectivity index (χ2n) is 4.37. The van der Waals surface area contributed by atoms with Gasteiger partial charge >= 0.3 is 0 Å². The molecule has 1 aromatic rings. The van der Waals surface area contributed by atoms with E-state index in [1.165, 1.54) is 12.8 Å². The second kappa shape index (κ2) is 5.25. The lowest BCUT2D eigenvalue weighted by atomic mass is 10.3. The van der Waals surface area contributed by atoms with Crippen LogP contribution in [0.4, 0.5) is 5.82 Å². The number of rotatable bonds is 6. The second-order valence-corrected chi connectivity index (χ2v) is 4.37. The maximum absolute atomic E-state index is 8.80. The van der Waals surface area contributed by atoms with Crippen molar-refractivity contribution in [2.24, 2.45) is 0 Å². The Morgan fingerprint density at radius 3 is 2.81 bits per heavy atom. The molecule has 0 bridgehead atoms. The molecule has 88 valence electrons. The number of aliphatic hydroxyl groups excluding tert-OH is 1. The maximum atomic E-state index is 8.80. The Balaban J connectivity index is 2.01. The first-order valence-electron chi connectivity index (χ1n) is 5.97. The fraction of sp³-hybridized carbons (Fsp3) is 0.667. The summed E-state index contributed by atoms with van der Waals surface area (Å²) in [6.45, 7) is 3.26. The Morgan fingerprint density at radius 1 is 1.38 bits per heavy atom. The van der Waals surface area contributed by atoms with Crippen molar-refractivity contribution in [2.75, 3.05) is 18.1 Å². The molecule has 1 N–H and O–H groups in total. The number of aliphatic hydroxyl groups is 1. The van der Waals surface area contributed by atoms with Crippen LogP contribution < -0.4 is 4.90 Å². The van der Waals surface area contributed by atoms with Crippen LogP contribution in [-0.4, -0.2) is 34.3 Å². The van der Waals surface area contributed by atoms with Crippen molar-refractivity contribution in [1.82, 2.24) is 9.97 Å². The lowest BCUT2D eigenvalue weighted by Gasteiger charge is -2.23. The fourth-order valence-corrected chi connectivity index (χ4v) is 1.86. The number of hydrogen-bond acceptors (Lipinski definition) is 4. The lowest BCUT2D eigenvalue weighted by molar-refractivity contribution is 0.285. The summed E-state index contributed by atoms with van der Waals surface area (Å²) in [5, 5.41) is 8.80. The third kappa shape index (κ3) is 2.92. The predicted molar refractivity (Wildman–Crippen MR) is 63.5 cm³/mol. The van der Waals surface area contributed by atoms with E-state index in [0.717, 1.165) is 30.9 Å². The van der Waals surface area contributed by atoms with Crippen LogP contribution in [0.3, 0.4) is 0 Å². The zero-order chi connectivity index (χ0) is 11.4. The van der Waals surface area contributed by atoms with Gasteiger partial charge in [-0.05, 0) is 32.6 Å². The van der Waals surface area contributed by atoms with Crippen molar-refractivity contribution in [2.45, 2.75) is 38.6 Å². The molecule has 0 saturated heterocycles. The van der Waals surface area contributed by atoms with Crippen molar-refractivity contribution in [3.8, 4) is 0 Å². The van der Waals surface area contributed by atoms with E-state index < -0.39 is 0 Å². The van der Waals surface area contributed by atoms with E-state index in [9.17, 15) is 0 Å². The van der Waals surface area contributed by atoms with E-state index in [2.05, 4.69) is 14.9 Å². The molecule has 0 amide bonds. The first-order chi connectivity index (χ1) is 7.81. The molecule has 0 aliphatic heterocycles. The van der Waals surface area contributed by atoms with Gasteiger partial charge in [-0.1, -0.05) is 0 Å². The Bertz CT molecular complexity index is 339. The minimum Gasteiger partial charge on any atom is -0.396 e. The molecule has 0 spiro atoms. The largest absolute Gasteiger partial charge is 0.396 e. The third-order valence-electron chi connectivity index (χ3n) is 2.88. The van der Waals surface area contributed by atoms with Gasteiger partial charge in [-0.3, -0.25) is 0 Å². The van der Waals surface area contributed by atoms with E-state index in [-0.39, 0.29) is 6.61 Å². The molecule has 1 aliphatic carbocycles. The minimum absolute atomic E-state index is 0.279. The Morgan fingerprint density at radius 2 is 2.19 bits per heavy atom. The Hall–Kier alpha value is -1.16. The van der Waals surface area contributed by atoms with Crippen LogP contribution in [0.2, 0.25) is 0 Å². The van der Waals surface area contributed by atoms with Crippen LogP contribution in [0.25, 0.3) is 0 Å². The van der Waals surface area contributed by atoms with Gasteiger partial charge < -0.3 is 10.0 Å². The van der Waals surface area contributed by atoms with Gasteiger partial charge in [0.25, 0.3) is 0 Å². The summed E-state index contributed by atoms with van der Waals surface area (Å²) in [6, 6.07) is 2.70. The molecule has 1 aromatic heterocycles. The summed E-state index contributed by atoms with van der Waals surface area (Å²) in [4.78, 5) is 10.8. The highest BCUT2D eigenvalue weighted by molar-refractivity contribution is 5.41. The number of nitrogens with zero attached hydrogens (tertiary/aromatic N) is 3. The zero-order valence-electron chi connectivity index (χ0n) is 9.76. The monoisotopic (exact) mass is 221 g/mol. The molecule has 0 aromatic carbocycles. The van der Waals surface area contributed by atoms with Crippen LogP contribution in [0.1, 0.15) is 31.4 Å². The van der Waals surface area contributed by atoms with Gasteiger partial charge in [0.2, 0.25) is 0 Å². The topological polar surface area (TPSA) is 49.2 Å². The van der Waals surface area contributed by atoms with Crippen LogP contribution in [-0.2, 0) is 0 Å². The highest BCUT2D eigenvalue weighted by atomic mass is 16.2. The molecule has 16 heavy (non-hydrogen) atoms. The molecular formula is C12H19N3O. The van der Waals surface area contributed by atoms with E-state index in [1.807, 2.05) is 13.0 Å². The van der Waals surface area contributed by atoms with E-state index in [1.54, 1.807) is 6.33 Å². The SMILES string of the molecule is Cc1cc(N(CCCCO)C2CC2)ncn1. The third-order valence-corrected chi connectivity index (χ3v) is 2.88. The lowest BCUT2D eigenvalue weighted by Crippen LogP contribution is -2.28. The molecule has 2 rings (SSSR count). The highest BCUT2D eigenvalue weighted by Crippen LogP contribution is 2.30. The highest BCUT2D eigenvalue weighted by Gasteiger charge is 2.29. The van der Waals surface area contributed by atoms with Gasteiger partial charge in [0.15, 0.2) is 0 Å². The Labute approximate surface area is 96.3 Å². The van der Waals surface area contributed by atoms with Crippen molar-refractivity contribution in [1.29, 1.82) is 0 Å². The van der Waals surface area contributed by atoms with Crippen molar-refractivity contribution >= 4 is 5.82 Å². The summed E-state index contributed by atoms with van der Waals surface area (Å²) in [5.41, 5.74) is 1.01. The van der Waals surface area contributed by atoms with Gasteiger partial charge in [-0.25, -0.2) is 9.97 Å². The molecule has 1 aliphatic rings. The summed E-state index contributed by atoms with van der Waals surface area (Å²) < 4.78 is 0. The number of anilines is 1. The average molecular weight is 221 g/mol. The molecule has 0 unspecified atom stereocenters. The molecule has 1 fully saturated rings. The summed E-state index contributed by atoms with van der Waals surface area (Å²) in [6.07, 6.45) is 6.06. The normalized spacial score (nSPS) is 15.1. The van der Waals surface area contributed by atoms with Crippen LogP contribution in [0.15, 0.2) is 12.4 Å². The predicted octanol–water partition coefficient (Wildman–Crippen LogP) is 1.53. The quantitative estimate of drug-likeness (QED) is 0.740. The molecule has 0 atom stereocenters. The molecule has 4 heteroatoms. The van der Waals surface area contributed by atoms with Crippen molar-refractivity contribution < 1.29 is 5.11 Å². The summed E-state index contributed by atoms with van der Waals surface area (Å²) in [7, 11) is 0. The summed E-state index contributed by atoms with van der Waals surface area (Å²) in [5.74, 6) is 1.04. The molecular weight excluding hydrogens is 202 g/mol. The van der Waals surface area contributed by atoms with Gasteiger partial charge in [-0.15, -0.1) is 0 Å².